The molecule has 1 aromatic rings. The van der Waals surface area contributed by atoms with Gasteiger partial charge in [0.25, 0.3) is 5.56 Å². The Bertz CT molecular complexity index is 952. The Morgan fingerprint density at radius 3 is 2.60 bits per heavy atom. The van der Waals surface area contributed by atoms with Crippen LogP contribution in [0.25, 0.3) is 0 Å². The van der Waals surface area contributed by atoms with E-state index in [1.54, 1.807) is 0 Å². The van der Waals surface area contributed by atoms with Crippen molar-refractivity contribution in [2.45, 2.75) is 76.8 Å². The Kier molecular flexibility index (Phi) is 6.29. The number of rotatable bonds is 5. The summed E-state index contributed by atoms with van der Waals surface area (Å²) in [6.07, 6.45) is 10.8. The summed E-state index contributed by atoms with van der Waals surface area (Å²) in [5, 5.41) is 0. The zero-order valence-corrected chi connectivity index (χ0v) is 18.5. The zero-order chi connectivity index (χ0) is 21.3. The molecule has 1 saturated carbocycles. The fraction of sp³-hybridized carbons (Fsp3) is 0.762. The number of sulfonamides is 1. The molecule has 9 heteroatoms. The van der Waals surface area contributed by atoms with Gasteiger partial charge in [0.1, 0.15) is 5.82 Å². The SMILES string of the molecule is CS(=O)(=O)N1CCc2c(nc([C@H]3CCCCN3C(=O)CCC3CCCC3)[nH]c2=O)C1. The molecule has 1 amide bonds. The summed E-state index contributed by atoms with van der Waals surface area (Å²) in [4.78, 5) is 35.2. The molecule has 2 aliphatic heterocycles. The van der Waals surface area contributed by atoms with E-state index in [1.807, 2.05) is 4.90 Å². The molecule has 166 valence electrons. The van der Waals surface area contributed by atoms with Crippen LogP contribution in [0.15, 0.2) is 4.79 Å². The third-order valence-corrected chi connectivity index (χ3v) is 8.16. The van der Waals surface area contributed by atoms with E-state index in [2.05, 4.69) is 9.97 Å². The van der Waals surface area contributed by atoms with Gasteiger partial charge in [0, 0.05) is 25.1 Å². The van der Waals surface area contributed by atoms with E-state index in [-0.39, 0.29) is 24.1 Å². The van der Waals surface area contributed by atoms with Crippen LogP contribution in [0.4, 0.5) is 0 Å². The Morgan fingerprint density at radius 1 is 1.13 bits per heavy atom. The van der Waals surface area contributed by atoms with Crippen molar-refractivity contribution in [1.82, 2.24) is 19.2 Å². The first kappa shape index (κ1) is 21.5. The number of carbonyl (C=O) groups excluding carboxylic acids is 1. The molecule has 2 fully saturated rings. The summed E-state index contributed by atoms with van der Waals surface area (Å²) < 4.78 is 25.3. The predicted octanol–water partition coefficient (Wildman–Crippen LogP) is 2.11. The van der Waals surface area contributed by atoms with Crippen molar-refractivity contribution in [1.29, 1.82) is 0 Å². The monoisotopic (exact) mass is 436 g/mol. The van der Waals surface area contributed by atoms with E-state index in [1.165, 1.54) is 36.2 Å². The lowest BCUT2D eigenvalue weighted by atomic mass is 9.97. The second-order valence-corrected chi connectivity index (χ2v) is 11.0. The Labute approximate surface area is 178 Å². The molecule has 30 heavy (non-hydrogen) atoms. The first-order valence-corrected chi connectivity index (χ1v) is 13.0. The molecule has 0 spiro atoms. The number of amides is 1. The predicted molar refractivity (Wildman–Crippen MR) is 113 cm³/mol. The largest absolute Gasteiger partial charge is 0.333 e. The second kappa shape index (κ2) is 8.78. The molecule has 8 nitrogen and oxygen atoms in total. The number of nitrogens with zero attached hydrogens (tertiary/aromatic N) is 3. The molecule has 3 heterocycles. The topological polar surface area (TPSA) is 103 Å². The van der Waals surface area contributed by atoms with Crippen LogP contribution in [0.3, 0.4) is 0 Å². The summed E-state index contributed by atoms with van der Waals surface area (Å²) in [7, 11) is -3.34. The molecule has 1 N–H and O–H groups in total. The van der Waals surface area contributed by atoms with Crippen LogP contribution in [0.1, 0.15) is 80.9 Å². The summed E-state index contributed by atoms with van der Waals surface area (Å²) in [5.74, 6) is 1.31. The highest BCUT2D eigenvalue weighted by molar-refractivity contribution is 7.88. The van der Waals surface area contributed by atoms with Crippen LogP contribution in [0.2, 0.25) is 0 Å². The maximum Gasteiger partial charge on any atom is 0.254 e. The number of fused-ring (bicyclic) bond motifs is 1. The number of hydrogen-bond acceptors (Lipinski definition) is 5. The van der Waals surface area contributed by atoms with Gasteiger partial charge in [-0.15, -0.1) is 0 Å². The molecule has 1 saturated heterocycles. The Morgan fingerprint density at radius 2 is 1.87 bits per heavy atom. The fourth-order valence-corrected chi connectivity index (χ4v) is 5.94. The lowest BCUT2D eigenvalue weighted by molar-refractivity contribution is -0.135. The Balaban J connectivity index is 1.54. The number of piperidine rings is 1. The zero-order valence-electron chi connectivity index (χ0n) is 17.7. The highest BCUT2D eigenvalue weighted by Crippen LogP contribution is 2.32. The molecule has 1 aromatic heterocycles. The normalized spacial score (nSPS) is 23.5. The molecule has 0 radical (unpaired) electrons. The van der Waals surface area contributed by atoms with E-state index in [0.717, 1.165) is 25.7 Å². The molecule has 3 aliphatic rings. The van der Waals surface area contributed by atoms with Gasteiger partial charge in [0.15, 0.2) is 0 Å². The van der Waals surface area contributed by atoms with E-state index >= 15 is 0 Å². The van der Waals surface area contributed by atoms with Crippen LogP contribution >= 0.6 is 0 Å². The number of nitrogens with one attached hydrogen (secondary N) is 1. The third kappa shape index (κ3) is 4.61. The number of aromatic nitrogens is 2. The van der Waals surface area contributed by atoms with E-state index in [0.29, 0.717) is 48.9 Å². The second-order valence-electron chi connectivity index (χ2n) is 9.01. The van der Waals surface area contributed by atoms with Crippen LogP contribution in [-0.2, 0) is 27.8 Å². The highest BCUT2D eigenvalue weighted by Gasteiger charge is 2.32. The summed E-state index contributed by atoms with van der Waals surface area (Å²) in [6.45, 7) is 1.10. The van der Waals surface area contributed by atoms with Gasteiger partial charge in [-0.05, 0) is 38.0 Å². The van der Waals surface area contributed by atoms with Crippen LogP contribution in [0.5, 0.6) is 0 Å². The average Bonchev–Trinajstić information content (AvgIpc) is 3.24. The van der Waals surface area contributed by atoms with Gasteiger partial charge < -0.3 is 9.88 Å². The van der Waals surface area contributed by atoms with Gasteiger partial charge in [0.05, 0.1) is 24.5 Å². The van der Waals surface area contributed by atoms with Gasteiger partial charge in [-0.1, -0.05) is 25.7 Å². The third-order valence-electron chi connectivity index (χ3n) is 6.91. The highest BCUT2D eigenvalue weighted by atomic mass is 32.2. The van der Waals surface area contributed by atoms with Crippen molar-refractivity contribution in [3.05, 3.63) is 27.4 Å². The quantitative estimate of drug-likeness (QED) is 0.761. The molecule has 1 aliphatic carbocycles. The van der Waals surface area contributed by atoms with Crippen LogP contribution in [0, 0.1) is 5.92 Å². The van der Waals surface area contributed by atoms with Crippen molar-refractivity contribution in [2.24, 2.45) is 5.92 Å². The number of hydrogen-bond donors (Lipinski definition) is 1. The fourth-order valence-electron chi connectivity index (χ4n) is 5.16. The molecule has 0 unspecified atom stereocenters. The standard InChI is InChI=1S/C21H32N4O4S/c1-30(28,29)24-13-11-16-17(14-24)22-20(23-21(16)27)18-8-4-5-12-25(18)19(26)10-9-15-6-2-3-7-15/h15,18H,2-14H2,1H3,(H,22,23,27)/t18-/m1/s1. The van der Waals surface area contributed by atoms with Gasteiger partial charge >= 0.3 is 0 Å². The van der Waals surface area contributed by atoms with Crippen molar-refractivity contribution in [2.75, 3.05) is 19.3 Å². The van der Waals surface area contributed by atoms with Crippen molar-refractivity contribution in [3.63, 3.8) is 0 Å². The van der Waals surface area contributed by atoms with Gasteiger partial charge in [0.2, 0.25) is 15.9 Å². The smallest absolute Gasteiger partial charge is 0.254 e. The Hall–Kier alpha value is -1.74. The first-order chi connectivity index (χ1) is 14.3. The van der Waals surface area contributed by atoms with Crippen LogP contribution < -0.4 is 5.56 Å². The minimum atomic E-state index is -3.34. The lowest BCUT2D eigenvalue weighted by Crippen LogP contribution is -2.42. The number of aromatic amines is 1. The number of carbonyl (C=O) groups is 1. The summed E-state index contributed by atoms with van der Waals surface area (Å²) in [5.41, 5.74) is 0.884. The molecule has 4 rings (SSSR count). The number of H-pyrrole nitrogens is 1. The molecule has 0 bridgehead atoms. The van der Waals surface area contributed by atoms with Crippen molar-refractivity contribution < 1.29 is 13.2 Å². The van der Waals surface area contributed by atoms with Crippen LogP contribution in [-0.4, -0.2) is 52.8 Å². The van der Waals surface area contributed by atoms with Crippen molar-refractivity contribution >= 4 is 15.9 Å². The van der Waals surface area contributed by atoms with E-state index in [4.69, 9.17) is 0 Å². The molecule has 1 atom stereocenters. The lowest BCUT2D eigenvalue weighted by Gasteiger charge is -2.36. The maximum atomic E-state index is 13.0. The first-order valence-electron chi connectivity index (χ1n) is 11.2. The van der Waals surface area contributed by atoms with Gasteiger partial charge in [-0.3, -0.25) is 9.59 Å². The minimum absolute atomic E-state index is 0.118. The van der Waals surface area contributed by atoms with E-state index < -0.39 is 10.0 Å². The average molecular weight is 437 g/mol. The van der Waals surface area contributed by atoms with Crippen molar-refractivity contribution in [3.8, 4) is 0 Å². The summed E-state index contributed by atoms with van der Waals surface area (Å²) in [6, 6.07) is -0.235. The molecule has 0 aromatic carbocycles. The molecular weight excluding hydrogens is 404 g/mol. The van der Waals surface area contributed by atoms with Gasteiger partial charge in [-0.25, -0.2) is 13.4 Å². The summed E-state index contributed by atoms with van der Waals surface area (Å²) >= 11 is 0. The number of likely N-dealkylation sites (tertiary alicyclic amines) is 1. The van der Waals surface area contributed by atoms with Gasteiger partial charge in [-0.2, -0.15) is 4.31 Å². The maximum absolute atomic E-state index is 13.0. The molecular formula is C21H32N4O4S. The van der Waals surface area contributed by atoms with E-state index in [9.17, 15) is 18.0 Å². The minimum Gasteiger partial charge on any atom is -0.333 e.